The third kappa shape index (κ3) is 3.53. The minimum Gasteiger partial charge on any atom is -0.351 e. The van der Waals surface area contributed by atoms with Crippen molar-refractivity contribution >= 4 is 51.4 Å². The fourth-order valence-corrected chi connectivity index (χ4v) is 4.43. The van der Waals surface area contributed by atoms with Crippen molar-refractivity contribution in [3.05, 3.63) is 68.9 Å². The number of halogens is 1. The molecule has 2 aromatic carbocycles. The van der Waals surface area contributed by atoms with Crippen LogP contribution in [-0.2, 0) is 11.3 Å². The van der Waals surface area contributed by atoms with E-state index in [1.54, 1.807) is 18.2 Å². The van der Waals surface area contributed by atoms with E-state index in [1.807, 2.05) is 30.3 Å². The van der Waals surface area contributed by atoms with Crippen LogP contribution in [0.3, 0.4) is 0 Å². The van der Waals surface area contributed by atoms with E-state index in [0.29, 0.717) is 33.8 Å². The van der Waals surface area contributed by atoms with Crippen LogP contribution in [0.15, 0.2) is 48.5 Å². The lowest BCUT2D eigenvalue weighted by Gasteiger charge is -2.27. The van der Waals surface area contributed by atoms with Crippen LogP contribution in [0.4, 0.5) is 0 Å². The van der Waals surface area contributed by atoms with Crippen molar-refractivity contribution in [1.29, 1.82) is 0 Å². The van der Waals surface area contributed by atoms with Gasteiger partial charge in [-0.3, -0.25) is 19.3 Å². The topological polar surface area (TPSA) is 66.5 Å². The normalized spacial score (nSPS) is 13.2. The molecule has 28 heavy (non-hydrogen) atoms. The number of thiophene rings is 1. The fourth-order valence-electron chi connectivity index (χ4n) is 3.40. The zero-order valence-electron chi connectivity index (χ0n) is 14.9. The zero-order chi connectivity index (χ0) is 19.7. The van der Waals surface area contributed by atoms with Crippen LogP contribution in [0.2, 0.25) is 4.34 Å². The summed E-state index contributed by atoms with van der Waals surface area (Å²) < 4.78 is 0.682. The lowest BCUT2D eigenvalue weighted by atomic mass is 9.94. The van der Waals surface area contributed by atoms with Gasteiger partial charge in [0.05, 0.1) is 10.9 Å². The highest BCUT2D eigenvalue weighted by Gasteiger charge is 2.32. The second-order valence-electron chi connectivity index (χ2n) is 6.56. The average molecular weight is 413 g/mol. The highest BCUT2D eigenvalue weighted by atomic mass is 35.5. The van der Waals surface area contributed by atoms with Crippen LogP contribution in [0, 0.1) is 0 Å². The maximum absolute atomic E-state index is 12.8. The zero-order valence-corrected chi connectivity index (χ0v) is 16.5. The Hall–Kier alpha value is -2.70. The molecule has 0 radical (unpaired) electrons. The molecule has 1 aliphatic heterocycles. The SMILES string of the molecule is O=C(CCCN1C(=O)c2cccc3cccc(c23)C1=O)NCc1ccc(Cl)s1. The molecule has 0 aliphatic carbocycles. The Kier molecular flexibility index (Phi) is 5.15. The number of nitrogens with one attached hydrogen (secondary N) is 1. The highest BCUT2D eigenvalue weighted by Crippen LogP contribution is 2.30. The van der Waals surface area contributed by atoms with Gasteiger partial charge < -0.3 is 5.32 Å². The number of hydrogen-bond acceptors (Lipinski definition) is 4. The van der Waals surface area contributed by atoms with E-state index in [0.717, 1.165) is 10.3 Å². The van der Waals surface area contributed by atoms with Gasteiger partial charge in [0, 0.05) is 34.4 Å². The summed E-state index contributed by atoms with van der Waals surface area (Å²) in [5.41, 5.74) is 1.07. The smallest absolute Gasteiger partial charge is 0.261 e. The van der Waals surface area contributed by atoms with E-state index in [9.17, 15) is 14.4 Å². The van der Waals surface area contributed by atoms with Crippen molar-refractivity contribution in [1.82, 2.24) is 10.2 Å². The predicted molar refractivity (Wildman–Crippen MR) is 110 cm³/mol. The third-order valence-corrected chi connectivity index (χ3v) is 5.96. The Bertz CT molecular complexity index is 1040. The van der Waals surface area contributed by atoms with Crippen LogP contribution in [0.25, 0.3) is 10.8 Å². The molecule has 5 nitrogen and oxygen atoms in total. The van der Waals surface area contributed by atoms with Gasteiger partial charge in [0.15, 0.2) is 0 Å². The van der Waals surface area contributed by atoms with Crippen molar-refractivity contribution in [2.24, 2.45) is 0 Å². The first-order chi connectivity index (χ1) is 13.5. The first-order valence-electron chi connectivity index (χ1n) is 8.93. The maximum Gasteiger partial charge on any atom is 0.261 e. The molecule has 0 saturated carbocycles. The van der Waals surface area contributed by atoms with E-state index < -0.39 is 0 Å². The van der Waals surface area contributed by atoms with Crippen molar-refractivity contribution in [2.45, 2.75) is 19.4 Å². The van der Waals surface area contributed by atoms with Gasteiger partial charge in [-0.15, -0.1) is 11.3 Å². The number of hydrogen-bond donors (Lipinski definition) is 1. The lowest BCUT2D eigenvalue weighted by molar-refractivity contribution is -0.121. The molecule has 0 unspecified atom stereocenters. The van der Waals surface area contributed by atoms with Crippen LogP contribution >= 0.6 is 22.9 Å². The molecule has 3 aromatic rings. The van der Waals surface area contributed by atoms with Crippen molar-refractivity contribution in [3.8, 4) is 0 Å². The lowest BCUT2D eigenvalue weighted by Crippen LogP contribution is -2.41. The largest absolute Gasteiger partial charge is 0.351 e. The van der Waals surface area contributed by atoms with Gasteiger partial charge in [0.25, 0.3) is 11.8 Å². The second kappa shape index (κ2) is 7.73. The number of rotatable bonds is 6. The standard InChI is InChI=1S/C21H17ClN2O3S/c22-17-10-9-14(28-17)12-23-18(25)8-3-11-24-20(26)15-6-1-4-13-5-2-7-16(19(13)15)21(24)27/h1-2,4-7,9-10H,3,8,11-12H2,(H,23,25). The molecule has 0 saturated heterocycles. The third-order valence-electron chi connectivity index (χ3n) is 4.73. The minimum absolute atomic E-state index is 0.121. The van der Waals surface area contributed by atoms with Crippen LogP contribution in [-0.4, -0.2) is 29.2 Å². The van der Waals surface area contributed by atoms with Crippen LogP contribution in [0.5, 0.6) is 0 Å². The van der Waals surface area contributed by atoms with E-state index in [1.165, 1.54) is 16.2 Å². The highest BCUT2D eigenvalue weighted by molar-refractivity contribution is 7.16. The monoisotopic (exact) mass is 412 g/mol. The van der Waals surface area contributed by atoms with E-state index in [4.69, 9.17) is 11.6 Å². The van der Waals surface area contributed by atoms with Gasteiger partial charge in [0.1, 0.15) is 0 Å². The Morgan fingerprint density at radius 1 is 1.00 bits per heavy atom. The number of carbonyl (C=O) groups excluding carboxylic acids is 3. The molecule has 1 aliphatic rings. The molecule has 2 heterocycles. The van der Waals surface area contributed by atoms with Gasteiger partial charge in [0.2, 0.25) is 5.91 Å². The van der Waals surface area contributed by atoms with Crippen LogP contribution in [0.1, 0.15) is 38.4 Å². The number of carbonyl (C=O) groups is 3. The molecule has 7 heteroatoms. The molecule has 0 fully saturated rings. The first-order valence-corrected chi connectivity index (χ1v) is 10.1. The Labute approximate surface area is 170 Å². The number of benzene rings is 2. The molecule has 3 amide bonds. The maximum atomic E-state index is 12.8. The summed E-state index contributed by atoms with van der Waals surface area (Å²) in [7, 11) is 0. The number of nitrogens with zero attached hydrogens (tertiary/aromatic N) is 1. The summed E-state index contributed by atoms with van der Waals surface area (Å²) in [5.74, 6) is -0.727. The van der Waals surface area contributed by atoms with Gasteiger partial charge in [-0.05, 0) is 36.1 Å². The summed E-state index contributed by atoms with van der Waals surface area (Å²) >= 11 is 7.30. The molecule has 142 valence electrons. The molecule has 0 spiro atoms. The summed E-state index contributed by atoms with van der Waals surface area (Å²) in [6.45, 7) is 0.633. The fraction of sp³-hybridized carbons (Fsp3) is 0.190. The molecular weight excluding hydrogens is 396 g/mol. The molecule has 1 N–H and O–H groups in total. The van der Waals surface area contributed by atoms with Gasteiger partial charge in [-0.25, -0.2) is 0 Å². The summed E-state index contributed by atoms with van der Waals surface area (Å²) in [4.78, 5) is 39.9. The molecule has 0 bridgehead atoms. The summed E-state index contributed by atoms with van der Waals surface area (Å²) in [6, 6.07) is 14.6. The minimum atomic E-state index is -0.303. The predicted octanol–water partition coefficient (Wildman–Crippen LogP) is 4.25. The van der Waals surface area contributed by atoms with Crippen molar-refractivity contribution < 1.29 is 14.4 Å². The second-order valence-corrected chi connectivity index (χ2v) is 8.36. The Morgan fingerprint density at radius 2 is 1.68 bits per heavy atom. The summed E-state index contributed by atoms with van der Waals surface area (Å²) in [6.07, 6.45) is 0.647. The van der Waals surface area contributed by atoms with E-state index in [-0.39, 0.29) is 30.7 Å². The Balaban J connectivity index is 1.38. The van der Waals surface area contributed by atoms with Gasteiger partial charge in [-0.2, -0.15) is 0 Å². The van der Waals surface area contributed by atoms with Crippen LogP contribution < -0.4 is 5.32 Å². The quantitative estimate of drug-likeness (QED) is 0.615. The average Bonchev–Trinajstić information content (AvgIpc) is 3.12. The molecule has 0 atom stereocenters. The first kappa shape index (κ1) is 18.7. The van der Waals surface area contributed by atoms with Gasteiger partial charge >= 0.3 is 0 Å². The van der Waals surface area contributed by atoms with Crippen molar-refractivity contribution in [3.63, 3.8) is 0 Å². The molecule has 4 rings (SSSR count). The van der Waals surface area contributed by atoms with Crippen molar-refractivity contribution in [2.75, 3.05) is 6.54 Å². The number of imide groups is 1. The Morgan fingerprint density at radius 3 is 2.29 bits per heavy atom. The van der Waals surface area contributed by atoms with E-state index in [2.05, 4.69) is 5.32 Å². The van der Waals surface area contributed by atoms with E-state index >= 15 is 0 Å². The summed E-state index contributed by atoms with van der Waals surface area (Å²) in [5, 5.41) is 4.42. The van der Waals surface area contributed by atoms with Gasteiger partial charge in [-0.1, -0.05) is 35.9 Å². The number of amides is 3. The molecule has 1 aromatic heterocycles. The molecular formula is C21H17ClN2O3S.